The SMILES string of the molecule is COc1ccc2nc(-c3cccc(C(=O)N4CCN(C(c5ccccc5)c5nncs5)CC4)c3)sc2c1. The minimum Gasteiger partial charge on any atom is -0.497 e. The highest BCUT2D eigenvalue weighted by molar-refractivity contribution is 7.21. The number of thiazole rings is 1. The molecule has 0 bridgehead atoms. The number of hydrogen-bond acceptors (Lipinski definition) is 8. The van der Waals surface area contributed by atoms with E-state index in [0.717, 1.165) is 44.6 Å². The molecule has 7 nitrogen and oxygen atoms in total. The van der Waals surface area contributed by atoms with E-state index in [4.69, 9.17) is 9.72 Å². The van der Waals surface area contributed by atoms with E-state index in [1.54, 1.807) is 35.3 Å². The zero-order valence-corrected chi connectivity index (χ0v) is 21.9. The number of methoxy groups -OCH3 is 1. The van der Waals surface area contributed by atoms with Crippen LogP contribution in [0, 0.1) is 0 Å². The van der Waals surface area contributed by atoms with Crippen molar-refractivity contribution in [2.24, 2.45) is 0 Å². The highest BCUT2D eigenvalue weighted by Gasteiger charge is 2.30. The van der Waals surface area contributed by atoms with Crippen LogP contribution in [0.3, 0.4) is 0 Å². The molecular formula is C28H25N5O2S2. The molecule has 0 N–H and O–H groups in total. The second-order valence-electron chi connectivity index (χ2n) is 8.85. The lowest BCUT2D eigenvalue weighted by atomic mass is 10.0. The highest BCUT2D eigenvalue weighted by atomic mass is 32.1. The number of nitrogens with zero attached hydrogens (tertiary/aromatic N) is 5. The maximum atomic E-state index is 13.5. The van der Waals surface area contributed by atoms with Gasteiger partial charge in [-0.2, -0.15) is 0 Å². The largest absolute Gasteiger partial charge is 0.497 e. The van der Waals surface area contributed by atoms with E-state index in [0.29, 0.717) is 18.7 Å². The summed E-state index contributed by atoms with van der Waals surface area (Å²) in [5, 5.41) is 10.3. The van der Waals surface area contributed by atoms with E-state index in [2.05, 4.69) is 39.4 Å². The Labute approximate surface area is 223 Å². The predicted octanol–water partition coefficient (Wildman–Crippen LogP) is 5.37. The van der Waals surface area contributed by atoms with Gasteiger partial charge in [-0.25, -0.2) is 4.98 Å². The van der Waals surface area contributed by atoms with Gasteiger partial charge in [-0.3, -0.25) is 9.69 Å². The summed E-state index contributed by atoms with van der Waals surface area (Å²) in [6, 6.07) is 24.1. The number of ether oxygens (including phenoxy) is 1. The van der Waals surface area contributed by atoms with Crippen LogP contribution in [0.1, 0.15) is 27.0 Å². The predicted molar refractivity (Wildman–Crippen MR) is 147 cm³/mol. The van der Waals surface area contributed by atoms with E-state index >= 15 is 0 Å². The summed E-state index contributed by atoms with van der Waals surface area (Å²) in [7, 11) is 1.66. The van der Waals surface area contributed by atoms with E-state index in [9.17, 15) is 4.79 Å². The van der Waals surface area contributed by atoms with Crippen LogP contribution in [-0.2, 0) is 0 Å². The fraction of sp³-hybridized carbons (Fsp3) is 0.214. The third-order valence-corrected chi connectivity index (χ3v) is 8.46. The van der Waals surface area contributed by atoms with Gasteiger partial charge in [0.15, 0.2) is 0 Å². The Bertz CT molecular complexity index is 1510. The minimum atomic E-state index is 0.0481. The molecule has 0 spiro atoms. The lowest BCUT2D eigenvalue weighted by Crippen LogP contribution is -2.49. The number of rotatable bonds is 6. The van der Waals surface area contributed by atoms with Gasteiger partial charge in [-0.15, -0.1) is 32.9 Å². The van der Waals surface area contributed by atoms with Crippen LogP contribution in [0.25, 0.3) is 20.8 Å². The molecular weight excluding hydrogens is 502 g/mol. The van der Waals surface area contributed by atoms with Crippen molar-refractivity contribution in [3.63, 3.8) is 0 Å². The Morgan fingerprint density at radius 1 is 0.973 bits per heavy atom. The Morgan fingerprint density at radius 2 is 1.81 bits per heavy atom. The van der Waals surface area contributed by atoms with Gasteiger partial charge >= 0.3 is 0 Å². The third kappa shape index (κ3) is 4.85. The Hall–Kier alpha value is -3.66. The maximum Gasteiger partial charge on any atom is 0.253 e. The number of piperazine rings is 1. The molecule has 186 valence electrons. The first-order valence-electron chi connectivity index (χ1n) is 12.1. The van der Waals surface area contributed by atoms with Crippen LogP contribution in [0.4, 0.5) is 0 Å². The minimum absolute atomic E-state index is 0.0481. The van der Waals surface area contributed by atoms with Crippen LogP contribution < -0.4 is 4.74 Å². The number of fused-ring (bicyclic) bond motifs is 1. The normalized spacial score (nSPS) is 15.1. The number of hydrogen-bond donors (Lipinski definition) is 0. The molecule has 9 heteroatoms. The topological polar surface area (TPSA) is 71.5 Å². The van der Waals surface area contributed by atoms with Gasteiger partial charge in [0.05, 0.1) is 23.4 Å². The van der Waals surface area contributed by atoms with E-state index in [1.807, 2.05) is 53.4 Å². The van der Waals surface area contributed by atoms with Gasteiger partial charge in [0.2, 0.25) is 0 Å². The average molecular weight is 528 g/mol. The van der Waals surface area contributed by atoms with Crippen molar-refractivity contribution < 1.29 is 9.53 Å². The molecule has 3 heterocycles. The Morgan fingerprint density at radius 3 is 2.57 bits per heavy atom. The summed E-state index contributed by atoms with van der Waals surface area (Å²) in [4.78, 5) is 22.6. The van der Waals surface area contributed by atoms with Gasteiger partial charge in [0.25, 0.3) is 5.91 Å². The van der Waals surface area contributed by atoms with Crippen molar-refractivity contribution >= 4 is 38.8 Å². The molecule has 6 rings (SSSR count). The zero-order chi connectivity index (χ0) is 25.2. The van der Waals surface area contributed by atoms with Crippen LogP contribution >= 0.6 is 22.7 Å². The molecule has 1 fully saturated rings. The van der Waals surface area contributed by atoms with Crippen molar-refractivity contribution in [2.45, 2.75) is 6.04 Å². The fourth-order valence-corrected chi connectivity index (χ4v) is 6.45. The second kappa shape index (κ2) is 10.4. The molecule has 0 aliphatic carbocycles. The third-order valence-electron chi connectivity index (χ3n) is 6.64. The van der Waals surface area contributed by atoms with Gasteiger partial charge in [0.1, 0.15) is 21.3 Å². The second-order valence-corrected chi connectivity index (χ2v) is 10.7. The Balaban J connectivity index is 1.18. The molecule has 1 aliphatic heterocycles. The summed E-state index contributed by atoms with van der Waals surface area (Å²) in [5.74, 6) is 0.864. The average Bonchev–Trinajstić information content (AvgIpc) is 3.64. The van der Waals surface area contributed by atoms with Gasteiger partial charge < -0.3 is 9.64 Å². The first-order chi connectivity index (χ1) is 18.2. The molecule has 1 unspecified atom stereocenters. The molecule has 1 atom stereocenters. The first kappa shape index (κ1) is 23.7. The summed E-state index contributed by atoms with van der Waals surface area (Å²) < 4.78 is 6.40. The van der Waals surface area contributed by atoms with E-state index in [-0.39, 0.29) is 11.9 Å². The van der Waals surface area contributed by atoms with E-state index < -0.39 is 0 Å². The molecule has 2 aromatic heterocycles. The fourth-order valence-electron chi connectivity index (χ4n) is 4.75. The number of amides is 1. The van der Waals surface area contributed by atoms with Crippen molar-refractivity contribution in [1.82, 2.24) is 25.0 Å². The maximum absolute atomic E-state index is 13.5. The van der Waals surface area contributed by atoms with E-state index in [1.165, 1.54) is 5.56 Å². The van der Waals surface area contributed by atoms with Crippen molar-refractivity contribution in [3.8, 4) is 16.3 Å². The summed E-state index contributed by atoms with van der Waals surface area (Å²) in [5.41, 5.74) is 5.54. The summed E-state index contributed by atoms with van der Waals surface area (Å²) >= 11 is 3.17. The van der Waals surface area contributed by atoms with Crippen LogP contribution in [0.5, 0.6) is 5.75 Å². The number of carbonyl (C=O) groups excluding carboxylic acids is 1. The Kier molecular flexibility index (Phi) is 6.65. The summed E-state index contributed by atoms with van der Waals surface area (Å²) in [6.07, 6.45) is 0. The molecule has 0 saturated carbocycles. The molecule has 1 amide bonds. The first-order valence-corrected chi connectivity index (χ1v) is 13.8. The molecule has 1 saturated heterocycles. The smallest absolute Gasteiger partial charge is 0.253 e. The van der Waals surface area contributed by atoms with Gasteiger partial charge in [-0.1, -0.05) is 42.5 Å². The molecule has 3 aromatic carbocycles. The quantitative estimate of drug-likeness (QED) is 0.296. The number of carbonyl (C=O) groups is 1. The van der Waals surface area contributed by atoms with Crippen LogP contribution in [0.15, 0.2) is 78.3 Å². The molecule has 37 heavy (non-hydrogen) atoms. The lowest BCUT2D eigenvalue weighted by molar-refractivity contribution is 0.0597. The van der Waals surface area contributed by atoms with Crippen LogP contribution in [0.2, 0.25) is 0 Å². The van der Waals surface area contributed by atoms with Crippen molar-refractivity contribution in [2.75, 3.05) is 33.3 Å². The summed E-state index contributed by atoms with van der Waals surface area (Å²) in [6.45, 7) is 2.85. The number of aromatic nitrogens is 3. The molecule has 5 aromatic rings. The van der Waals surface area contributed by atoms with Crippen molar-refractivity contribution in [3.05, 3.63) is 94.4 Å². The standard InChI is InChI=1S/C28H25N5O2S2/c1-35-22-10-11-23-24(17-22)37-26(30-23)20-8-5-9-21(16-20)28(34)33-14-12-32(13-15-33)25(27-31-29-18-36-27)19-6-3-2-4-7-19/h2-11,16-18,25H,12-15H2,1H3. The van der Waals surface area contributed by atoms with Crippen LogP contribution in [-0.4, -0.2) is 64.2 Å². The van der Waals surface area contributed by atoms with Gasteiger partial charge in [0, 0.05) is 37.3 Å². The lowest BCUT2D eigenvalue weighted by Gasteiger charge is -2.38. The van der Waals surface area contributed by atoms with Crippen molar-refractivity contribution in [1.29, 1.82) is 0 Å². The number of benzene rings is 3. The molecule has 1 aliphatic rings. The monoisotopic (exact) mass is 527 g/mol. The molecule has 0 radical (unpaired) electrons. The van der Waals surface area contributed by atoms with Gasteiger partial charge in [-0.05, 0) is 35.9 Å². The zero-order valence-electron chi connectivity index (χ0n) is 20.3. The highest BCUT2D eigenvalue weighted by Crippen LogP contribution is 2.33.